The summed E-state index contributed by atoms with van der Waals surface area (Å²) in [5.74, 6) is 0.156. The summed E-state index contributed by atoms with van der Waals surface area (Å²) in [6.45, 7) is 1.53. The monoisotopic (exact) mass is 219 g/mol. The molecule has 1 aromatic heterocycles. The van der Waals surface area contributed by atoms with Crippen LogP contribution in [0.15, 0.2) is 24.5 Å². The normalized spacial score (nSPS) is 20.8. The Kier molecular flexibility index (Phi) is 3.51. The maximum atomic E-state index is 12.0. The summed E-state index contributed by atoms with van der Waals surface area (Å²) in [4.78, 5) is 17.8. The topological polar surface area (TPSA) is 59.2 Å². The molecule has 4 heteroatoms. The lowest BCUT2D eigenvalue weighted by Gasteiger charge is -2.30. The Morgan fingerprint density at radius 2 is 2.50 bits per heavy atom. The van der Waals surface area contributed by atoms with Crippen LogP contribution in [0.4, 0.5) is 0 Å². The SMILES string of the molecule is N[C@@H]1CCCN(C(=O)Cc2cccnc2)C1. The molecule has 1 aliphatic rings. The summed E-state index contributed by atoms with van der Waals surface area (Å²) in [5, 5.41) is 0. The van der Waals surface area contributed by atoms with Gasteiger partial charge in [-0.3, -0.25) is 9.78 Å². The number of pyridine rings is 1. The minimum Gasteiger partial charge on any atom is -0.341 e. The third kappa shape index (κ3) is 2.79. The van der Waals surface area contributed by atoms with Gasteiger partial charge in [0.25, 0.3) is 0 Å². The van der Waals surface area contributed by atoms with Gasteiger partial charge in [-0.1, -0.05) is 6.07 Å². The zero-order valence-corrected chi connectivity index (χ0v) is 9.30. The molecule has 2 N–H and O–H groups in total. The molecule has 0 aromatic carbocycles. The molecule has 1 aromatic rings. The van der Waals surface area contributed by atoms with E-state index in [9.17, 15) is 4.79 Å². The number of likely N-dealkylation sites (tertiary alicyclic amines) is 1. The van der Waals surface area contributed by atoms with Gasteiger partial charge in [-0.25, -0.2) is 0 Å². The first kappa shape index (κ1) is 11.1. The van der Waals surface area contributed by atoms with Crippen LogP contribution in [0, 0.1) is 0 Å². The lowest BCUT2D eigenvalue weighted by molar-refractivity contribution is -0.131. The summed E-state index contributed by atoms with van der Waals surface area (Å²) in [5.41, 5.74) is 6.81. The van der Waals surface area contributed by atoms with Gasteiger partial charge in [0.2, 0.25) is 5.91 Å². The van der Waals surface area contributed by atoms with Gasteiger partial charge in [0.05, 0.1) is 6.42 Å². The van der Waals surface area contributed by atoms with E-state index in [2.05, 4.69) is 4.98 Å². The summed E-state index contributed by atoms with van der Waals surface area (Å²) in [6, 6.07) is 3.92. The van der Waals surface area contributed by atoms with Crippen LogP contribution in [0.1, 0.15) is 18.4 Å². The molecule has 0 bridgehead atoms. The van der Waals surface area contributed by atoms with Crippen molar-refractivity contribution < 1.29 is 4.79 Å². The lowest BCUT2D eigenvalue weighted by atomic mass is 10.1. The number of carbonyl (C=O) groups excluding carboxylic acids is 1. The molecule has 1 aliphatic heterocycles. The molecule has 0 spiro atoms. The Bertz CT molecular complexity index is 353. The number of rotatable bonds is 2. The Hall–Kier alpha value is -1.42. The van der Waals surface area contributed by atoms with Crippen molar-refractivity contribution in [1.29, 1.82) is 0 Å². The zero-order valence-electron chi connectivity index (χ0n) is 9.30. The van der Waals surface area contributed by atoms with Crippen molar-refractivity contribution in [3.63, 3.8) is 0 Å². The van der Waals surface area contributed by atoms with Crippen LogP contribution in [0.3, 0.4) is 0 Å². The summed E-state index contributed by atoms with van der Waals surface area (Å²) >= 11 is 0. The predicted octanol–water partition coefficient (Wildman–Crippen LogP) is 0.574. The van der Waals surface area contributed by atoms with Crippen molar-refractivity contribution in [3.8, 4) is 0 Å². The van der Waals surface area contributed by atoms with Gasteiger partial charge in [0.1, 0.15) is 0 Å². The van der Waals surface area contributed by atoms with Crippen molar-refractivity contribution in [2.24, 2.45) is 5.73 Å². The molecule has 2 rings (SSSR count). The van der Waals surface area contributed by atoms with E-state index < -0.39 is 0 Å². The van der Waals surface area contributed by atoms with Crippen LogP contribution in [0.5, 0.6) is 0 Å². The van der Waals surface area contributed by atoms with Gasteiger partial charge in [-0.05, 0) is 24.5 Å². The first-order valence-corrected chi connectivity index (χ1v) is 5.68. The molecule has 86 valence electrons. The molecule has 1 amide bonds. The average Bonchev–Trinajstić information content (AvgIpc) is 2.30. The summed E-state index contributed by atoms with van der Waals surface area (Å²) < 4.78 is 0. The number of carbonyl (C=O) groups is 1. The summed E-state index contributed by atoms with van der Waals surface area (Å²) in [7, 11) is 0. The molecule has 1 saturated heterocycles. The maximum absolute atomic E-state index is 12.0. The van der Waals surface area contributed by atoms with E-state index in [0.29, 0.717) is 13.0 Å². The smallest absolute Gasteiger partial charge is 0.227 e. The Labute approximate surface area is 95.5 Å². The highest BCUT2D eigenvalue weighted by Crippen LogP contribution is 2.10. The van der Waals surface area contributed by atoms with Crippen molar-refractivity contribution in [2.75, 3.05) is 13.1 Å². The lowest BCUT2D eigenvalue weighted by Crippen LogP contribution is -2.46. The fraction of sp³-hybridized carbons (Fsp3) is 0.500. The molecule has 2 heterocycles. The summed E-state index contributed by atoms with van der Waals surface area (Å²) in [6.07, 6.45) is 5.92. The maximum Gasteiger partial charge on any atom is 0.227 e. The van der Waals surface area contributed by atoms with E-state index in [1.54, 1.807) is 12.4 Å². The van der Waals surface area contributed by atoms with Gasteiger partial charge < -0.3 is 10.6 Å². The van der Waals surface area contributed by atoms with Gasteiger partial charge in [0, 0.05) is 31.5 Å². The minimum absolute atomic E-state index is 0.145. The standard InChI is InChI=1S/C12H17N3O/c13-11-4-2-6-15(9-11)12(16)7-10-3-1-5-14-8-10/h1,3,5,8,11H,2,4,6-7,9,13H2/t11-/m1/s1. The highest BCUT2D eigenvalue weighted by Gasteiger charge is 2.20. The molecular formula is C12H17N3O. The van der Waals surface area contributed by atoms with Crippen molar-refractivity contribution in [3.05, 3.63) is 30.1 Å². The number of aromatic nitrogens is 1. The second kappa shape index (κ2) is 5.07. The predicted molar refractivity (Wildman–Crippen MR) is 61.7 cm³/mol. The van der Waals surface area contributed by atoms with Crippen LogP contribution < -0.4 is 5.73 Å². The Morgan fingerprint density at radius 1 is 1.62 bits per heavy atom. The van der Waals surface area contributed by atoms with Gasteiger partial charge in [-0.2, -0.15) is 0 Å². The van der Waals surface area contributed by atoms with Crippen LogP contribution in [0.25, 0.3) is 0 Å². The molecule has 0 aliphatic carbocycles. The number of hydrogen-bond donors (Lipinski definition) is 1. The molecule has 0 saturated carbocycles. The Morgan fingerprint density at radius 3 is 3.19 bits per heavy atom. The van der Waals surface area contributed by atoms with E-state index in [4.69, 9.17) is 5.73 Å². The molecule has 0 radical (unpaired) electrons. The van der Waals surface area contributed by atoms with Crippen LogP contribution >= 0.6 is 0 Å². The van der Waals surface area contributed by atoms with E-state index >= 15 is 0 Å². The Balaban J connectivity index is 1.93. The molecule has 0 unspecified atom stereocenters. The van der Waals surface area contributed by atoms with Crippen LogP contribution in [-0.2, 0) is 11.2 Å². The van der Waals surface area contributed by atoms with E-state index in [-0.39, 0.29) is 11.9 Å². The molecule has 16 heavy (non-hydrogen) atoms. The fourth-order valence-electron chi connectivity index (χ4n) is 2.03. The largest absolute Gasteiger partial charge is 0.341 e. The molecule has 1 fully saturated rings. The van der Waals surface area contributed by atoms with Gasteiger partial charge in [0.15, 0.2) is 0 Å². The van der Waals surface area contributed by atoms with E-state index in [1.807, 2.05) is 17.0 Å². The number of nitrogens with two attached hydrogens (primary N) is 1. The van der Waals surface area contributed by atoms with Gasteiger partial charge >= 0.3 is 0 Å². The third-order valence-corrected chi connectivity index (χ3v) is 2.89. The average molecular weight is 219 g/mol. The van der Waals surface area contributed by atoms with Gasteiger partial charge in [-0.15, -0.1) is 0 Å². The second-order valence-corrected chi connectivity index (χ2v) is 4.28. The minimum atomic E-state index is 0.145. The van der Waals surface area contributed by atoms with E-state index in [1.165, 1.54) is 0 Å². The molecule has 1 atom stereocenters. The zero-order chi connectivity index (χ0) is 11.4. The number of nitrogens with zero attached hydrogens (tertiary/aromatic N) is 2. The highest BCUT2D eigenvalue weighted by atomic mass is 16.2. The molecular weight excluding hydrogens is 202 g/mol. The number of piperidine rings is 1. The number of hydrogen-bond acceptors (Lipinski definition) is 3. The second-order valence-electron chi connectivity index (χ2n) is 4.28. The first-order valence-electron chi connectivity index (χ1n) is 5.68. The van der Waals surface area contributed by atoms with Crippen molar-refractivity contribution >= 4 is 5.91 Å². The van der Waals surface area contributed by atoms with Crippen molar-refractivity contribution in [1.82, 2.24) is 9.88 Å². The molecule has 4 nitrogen and oxygen atoms in total. The van der Waals surface area contributed by atoms with E-state index in [0.717, 1.165) is 24.9 Å². The first-order chi connectivity index (χ1) is 7.75. The number of amides is 1. The quantitative estimate of drug-likeness (QED) is 0.791. The third-order valence-electron chi connectivity index (χ3n) is 2.89. The highest BCUT2D eigenvalue weighted by molar-refractivity contribution is 5.78. The van der Waals surface area contributed by atoms with Crippen LogP contribution in [0.2, 0.25) is 0 Å². The van der Waals surface area contributed by atoms with Crippen LogP contribution in [-0.4, -0.2) is 34.9 Å². The van der Waals surface area contributed by atoms with Crippen molar-refractivity contribution in [2.45, 2.75) is 25.3 Å². The fourth-order valence-corrected chi connectivity index (χ4v) is 2.03.